The third-order valence-electron chi connectivity index (χ3n) is 7.78. The molecule has 2 heterocycles. The minimum atomic E-state index is -0.798. The number of likely N-dealkylation sites (tertiary alicyclic amines) is 1. The quantitative estimate of drug-likeness (QED) is 0.162. The molecule has 9 heteroatoms. The van der Waals surface area contributed by atoms with Crippen LogP contribution >= 0.6 is 0 Å². The summed E-state index contributed by atoms with van der Waals surface area (Å²) < 4.78 is 23.1. The van der Waals surface area contributed by atoms with Gasteiger partial charge in [-0.2, -0.15) is 0 Å². The highest BCUT2D eigenvalue weighted by Gasteiger charge is 2.46. The lowest BCUT2D eigenvalue weighted by molar-refractivity contribution is -0.140. The molecule has 2 fully saturated rings. The van der Waals surface area contributed by atoms with Gasteiger partial charge in [0.25, 0.3) is 11.7 Å². The Morgan fingerprint density at radius 2 is 1.59 bits per heavy atom. The van der Waals surface area contributed by atoms with Crippen molar-refractivity contribution in [3.63, 3.8) is 0 Å². The fraction of sp³-hybridized carbons (Fsp3) is 0.371. The Bertz CT molecular complexity index is 1450. The van der Waals surface area contributed by atoms with Crippen molar-refractivity contribution < 1.29 is 33.6 Å². The molecule has 232 valence electrons. The highest BCUT2D eigenvalue weighted by molar-refractivity contribution is 6.46. The monoisotopic (exact) mass is 600 g/mol. The highest BCUT2D eigenvalue weighted by Crippen LogP contribution is 2.42. The van der Waals surface area contributed by atoms with Crippen molar-refractivity contribution in [1.82, 2.24) is 9.80 Å². The molecule has 1 amide bonds. The number of morpholine rings is 1. The molecule has 2 saturated heterocycles. The molecule has 1 atom stereocenters. The number of benzene rings is 3. The molecule has 1 unspecified atom stereocenters. The van der Waals surface area contributed by atoms with Gasteiger partial charge in [0.15, 0.2) is 11.5 Å². The Kier molecular flexibility index (Phi) is 10.5. The zero-order chi connectivity index (χ0) is 30.9. The third kappa shape index (κ3) is 7.23. The van der Waals surface area contributed by atoms with Crippen molar-refractivity contribution in [2.75, 3.05) is 52.6 Å². The van der Waals surface area contributed by atoms with E-state index in [9.17, 15) is 14.7 Å². The molecule has 5 rings (SSSR count). The molecule has 0 bridgehead atoms. The summed E-state index contributed by atoms with van der Waals surface area (Å²) in [6.45, 7) is 9.21. The molecular formula is C35H40N2O7. The third-order valence-corrected chi connectivity index (χ3v) is 7.78. The van der Waals surface area contributed by atoms with E-state index in [-0.39, 0.29) is 11.3 Å². The maximum absolute atomic E-state index is 13.6. The molecular weight excluding hydrogens is 560 g/mol. The molecule has 44 heavy (non-hydrogen) atoms. The van der Waals surface area contributed by atoms with Gasteiger partial charge < -0.3 is 29.0 Å². The number of rotatable bonds is 13. The summed E-state index contributed by atoms with van der Waals surface area (Å²) in [5.74, 6) is 0.129. The van der Waals surface area contributed by atoms with Crippen molar-refractivity contribution in [1.29, 1.82) is 0 Å². The number of carbonyl (C=O) groups excluding carboxylic acids is 2. The zero-order valence-electron chi connectivity index (χ0n) is 25.4. The molecule has 0 saturated carbocycles. The van der Waals surface area contributed by atoms with Crippen LogP contribution in [-0.2, 0) is 20.9 Å². The second-order valence-electron chi connectivity index (χ2n) is 10.7. The van der Waals surface area contributed by atoms with Gasteiger partial charge in [0, 0.05) is 31.7 Å². The van der Waals surface area contributed by atoms with Crippen molar-refractivity contribution in [2.24, 2.45) is 0 Å². The molecule has 3 aromatic carbocycles. The van der Waals surface area contributed by atoms with Crippen molar-refractivity contribution >= 4 is 17.4 Å². The summed E-state index contributed by atoms with van der Waals surface area (Å²) in [6.07, 6.45) is 0.670. The maximum Gasteiger partial charge on any atom is 0.295 e. The Labute approximate surface area is 258 Å². The van der Waals surface area contributed by atoms with Crippen LogP contribution in [0.3, 0.4) is 0 Å². The number of aliphatic hydroxyl groups is 1. The van der Waals surface area contributed by atoms with Crippen molar-refractivity contribution in [3.8, 4) is 17.2 Å². The van der Waals surface area contributed by atoms with Crippen LogP contribution in [0.2, 0.25) is 0 Å². The number of ether oxygens (including phenoxy) is 4. The smallest absolute Gasteiger partial charge is 0.295 e. The minimum Gasteiger partial charge on any atom is -0.507 e. The SMILES string of the molecule is CCOc1ccc(C(O)=C2C(=O)C(=O)N(CCCN3CCOCC3)C2c2ccc(OCc3ccccc3)c(OCC)c2)cc1. The summed E-state index contributed by atoms with van der Waals surface area (Å²) in [7, 11) is 0. The van der Waals surface area contributed by atoms with Gasteiger partial charge in [-0.1, -0.05) is 36.4 Å². The average molecular weight is 601 g/mol. The normalized spacial score (nSPS) is 18.4. The van der Waals surface area contributed by atoms with Gasteiger partial charge in [0.2, 0.25) is 0 Å². The molecule has 1 N–H and O–H groups in total. The van der Waals surface area contributed by atoms with E-state index >= 15 is 0 Å². The summed E-state index contributed by atoms with van der Waals surface area (Å²) in [4.78, 5) is 30.9. The van der Waals surface area contributed by atoms with E-state index in [4.69, 9.17) is 18.9 Å². The average Bonchev–Trinajstić information content (AvgIpc) is 3.30. The first-order chi connectivity index (χ1) is 21.5. The van der Waals surface area contributed by atoms with Gasteiger partial charge in [-0.3, -0.25) is 14.5 Å². The fourth-order valence-electron chi connectivity index (χ4n) is 5.60. The second kappa shape index (κ2) is 14.9. The topological polar surface area (TPSA) is 97.8 Å². The summed E-state index contributed by atoms with van der Waals surface area (Å²) in [6, 6.07) is 21.3. The van der Waals surface area contributed by atoms with Gasteiger partial charge >= 0.3 is 0 Å². The van der Waals surface area contributed by atoms with E-state index in [0.717, 1.165) is 25.2 Å². The molecule has 0 aliphatic carbocycles. The van der Waals surface area contributed by atoms with Crippen LogP contribution in [0.5, 0.6) is 17.2 Å². The van der Waals surface area contributed by atoms with E-state index in [0.29, 0.717) is 74.4 Å². The number of hydrogen-bond donors (Lipinski definition) is 1. The van der Waals surface area contributed by atoms with Crippen molar-refractivity contribution in [3.05, 3.63) is 95.1 Å². The fourth-order valence-corrected chi connectivity index (χ4v) is 5.60. The number of hydrogen-bond acceptors (Lipinski definition) is 8. The second-order valence-corrected chi connectivity index (χ2v) is 10.7. The van der Waals surface area contributed by atoms with E-state index in [1.54, 1.807) is 41.3 Å². The summed E-state index contributed by atoms with van der Waals surface area (Å²) in [5, 5.41) is 11.5. The number of Topliss-reactive ketones (excluding diaryl/α,β-unsaturated/α-hetero) is 1. The van der Waals surface area contributed by atoms with Gasteiger partial charge in [-0.05, 0) is 67.8 Å². The zero-order valence-corrected chi connectivity index (χ0v) is 25.4. The van der Waals surface area contributed by atoms with Crippen LogP contribution in [0.4, 0.5) is 0 Å². The molecule has 9 nitrogen and oxygen atoms in total. The summed E-state index contributed by atoms with van der Waals surface area (Å²) >= 11 is 0. The Morgan fingerprint density at radius 1 is 0.864 bits per heavy atom. The Hall–Kier alpha value is -4.34. The predicted molar refractivity (Wildman–Crippen MR) is 167 cm³/mol. The van der Waals surface area contributed by atoms with Crippen LogP contribution in [0.1, 0.15) is 43.0 Å². The van der Waals surface area contributed by atoms with E-state index < -0.39 is 17.7 Å². The predicted octanol–water partition coefficient (Wildman–Crippen LogP) is 5.21. The van der Waals surface area contributed by atoms with E-state index in [1.807, 2.05) is 50.2 Å². The van der Waals surface area contributed by atoms with Crippen LogP contribution < -0.4 is 14.2 Å². The number of aliphatic hydroxyl groups excluding tert-OH is 1. The maximum atomic E-state index is 13.6. The summed E-state index contributed by atoms with van der Waals surface area (Å²) in [5.41, 5.74) is 2.14. The highest BCUT2D eigenvalue weighted by atomic mass is 16.5. The largest absolute Gasteiger partial charge is 0.507 e. The number of ketones is 1. The Morgan fingerprint density at radius 3 is 2.30 bits per heavy atom. The lowest BCUT2D eigenvalue weighted by Gasteiger charge is -2.29. The van der Waals surface area contributed by atoms with Crippen LogP contribution in [0.25, 0.3) is 5.76 Å². The van der Waals surface area contributed by atoms with Crippen LogP contribution in [0.15, 0.2) is 78.4 Å². The van der Waals surface area contributed by atoms with Gasteiger partial charge in [-0.25, -0.2) is 0 Å². The van der Waals surface area contributed by atoms with Crippen LogP contribution in [-0.4, -0.2) is 79.2 Å². The lowest BCUT2D eigenvalue weighted by atomic mass is 9.95. The van der Waals surface area contributed by atoms with E-state index in [1.165, 1.54) is 0 Å². The molecule has 2 aliphatic rings. The first kappa shape index (κ1) is 31.1. The Balaban J connectivity index is 1.49. The van der Waals surface area contributed by atoms with Gasteiger partial charge in [-0.15, -0.1) is 0 Å². The van der Waals surface area contributed by atoms with Crippen molar-refractivity contribution in [2.45, 2.75) is 32.9 Å². The standard InChI is InChI=1S/C35H40N2O7/c1-3-42-28-14-11-26(12-15-28)33(38)31-32(37(35(40)34(31)39)18-8-17-36-19-21-41-22-20-36)27-13-16-29(30(23-27)43-4-2)44-24-25-9-6-5-7-10-25/h5-7,9-16,23,32,38H,3-4,8,17-22,24H2,1-2H3. The molecule has 3 aromatic rings. The van der Waals surface area contributed by atoms with Gasteiger partial charge in [0.05, 0.1) is 38.0 Å². The lowest BCUT2D eigenvalue weighted by Crippen LogP contribution is -2.39. The van der Waals surface area contributed by atoms with Crippen LogP contribution in [0, 0.1) is 0 Å². The number of nitrogens with zero attached hydrogens (tertiary/aromatic N) is 2. The minimum absolute atomic E-state index is 0.0472. The first-order valence-corrected chi connectivity index (χ1v) is 15.2. The van der Waals surface area contributed by atoms with E-state index in [2.05, 4.69) is 4.90 Å². The molecule has 0 spiro atoms. The molecule has 0 aromatic heterocycles. The number of amides is 1. The number of carbonyl (C=O) groups is 2. The molecule has 0 radical (unpaired) electrons. The van der Waals surface area contributed by atoms with Gasteiger partial charge in [0.1, 0.15) is 18.1 Å². The first-order valence-electron chi connectivity index (χ1n) is 15.2. The molecule has 2 aliphatic heterocycles.